The Hall–Kier alpha value is -3.19. The molecule has 0 aliphatic carbocycles. The summed E-state index contributed by atoms with van der Waals surface area (Å²) in [4.78, 5) is 18.5. The molecule has 0 spiro atoms. The summed E-state index contributed by atoms with van der Waals surface area (Å²) < 4.78 is 1.85. The van der Waals surface area contributed by atoms with Crippen LogP contribution in [-0.2, 0) is 13.1 Å². The minimum Gasteiger partial charge on any atom is -0.384 e. The Balaban J connectivity index is 1.54. The Morgan fingerprint density at radius 2 is 1.92 bits per heavy atom. The van der Waals surface area contributed by atoms with Gasteiger partial charge in [-0.1, -0.05) is 36.4 Å². The van der Waals surface area contributed by atoms with Gasteiger partial charge in [0.25, 0.3) is 5.91 Å². The summed E-state index contributed by atoms with van der Waals surface area (Å²) in [6, 6.07) is 16.3. The fourth-order valence-corrected chi connectivity index (χ4v) is 3.13. The molecule has 4 rings (SSSR count). The summed E-state index contributed by atoms with van der Waals surface area (Å²) in [5.74, 6) is 0.168. The average molecular weight is 349 g/mol. The van der Waals surface area contributed by atoms with E-state index in [9.17, 15) is 9.90 Å². The van der Waals surface area contributed by atoms with E-state index in [0.717, 1.165) is 11.3 Å². The molecule has 3 N–H and O–H groups in total. The second kappa shape index (κ2) is 6.61. The third-order valence-electron chi connectivity index (χ3n) is 4.49. The van der Waals surface area contributed by atoms with Crippen LogP contribution in [0.15, 0.2) is 54.6 Å². The molecule has 3 aromatic rings. The highest BCUT2D eigenvalue weighted by atomic mass is 16.3. The highest BCUT2D eigenvalue weighted by Gasteiger charge is 2.25. The second-order valence-corrected chi connectivity index (χ2v) is 6.27. The van der Waals surface area contributed by atoms with E-state index >= 15 is 0 Å². The fraction of sp³-hybridized carbons (Fsp3) is 0.211. The van der Waals surface area contributed by atoms with Crippen molar-refractivity contribution in [3.63, 3.8) is 0 Å². The quantitative estimate of drug-likeness (QED) is 0.748. The zero-order valence-electron chi connectivity index (χ0n) is 14.1. The molecule has 7 nitrogen and oxygen atoms in total. The molecule has 0 radical (unpaired) electrons. The lowest BCUT2D eigenvalue weighted by Crippen LogP contribution is -2.38. The van der Waals surface area contributed by atoms with Crippen LogP contribution in [0.5, 0.6) is 0 Å². The van der Waals surface area contributed by atoms with Crippen molar-refractivity contribution < 1.29 is 9.90 Å². The number of amides is 1. The number of nitrogen functional groups attached to an aromatic ring is 1. The molecule has 1 amide bonds. The molecule has 0 fully saturated rings. The van der Waals surface area contributed by atoms with Crippen molar-refractivity contribution in [3.8, 4) is 0 Å². The van der Waals surface area contributed by atoms with Crippen molar-refractivity contribution in [2.24, 2.45) is 0 Å². The van der Waals surface area contributed by atoms with E-state index in [1.54, 1.807) is 23.1 Å². The smallest absolute Gasteiger partial charge is 0.272 e. The number of nitrogens with zero attached hydrogens (tertiary/aromatic N) is 4. The van der Waals surface area contributed by atoms with Gasteiger partial charge in [0.15, 0.2) is 0 Å². The molecule has 1 aliphatic rings. The van der Waals surface area contributed by atoms with Crippen LogP contribution < -0.4 is 5.73 Å². The first-order chi connectivity index (χ1) is 12.6. The molecule has 0 unspecified atom stereocenters. The molecule has 0 saturated carbocycles. The van der Waals surface area contributed by atoms with Crippen LogP contribution in [0.2, 0.25) is 0 Å². The lowest BCUT2D eigenvalue weighted by atomic mass is 10.1. The number of anilines is 1. The SMILES string of the molecule is Nc1cccc(C(=O)N2CCn3nc([C@@H](O)c4ccccc4)cc3C2)n1. The molecule has 3 heterocycles. The van der Waals surface area contributed by atoms with Gasteiger partial charge in [0.05, 0.1) is 24.5 Å². The number of fused-ring (bicyclic) bond motifs is 1. The number of aliphatic hydroxyl groups is 1. The predicted octanol–water partition coefficient (Wildman–Crippen LogP) is 1.60. The number of aromatic nitrogens is 3. The largest absolute Gasteiger partial charge is 0.384 e. The van der Waals surface area contributed by atoms with E-state index < -0.39 is 6.10 Å². The van der Waals surface area contributed by atoms with E-state index in [0.29, 0.717) is 36.8 Å². The monoisotopic (exact) mass is 349 g/mol. The number of benzene rings is 1. The second-order valence-electron chi connectivity index (χ2n) is 6.27. The normalized spacial score (nSPS) is 14.7. The van der Waals surface area contributed by atoms with Crippen LogP contribution in [0, 0.1) is 0 Å². The predicted molar refractivity (Wildman–Crippen MR) is 96.1 cm³/mol. The van der Waals surface area contributed by atoms with Crippen LogP contribution in [0.25, 0.3) is 0 Å². The van der Waals surface area contributed by atoms with Crippen molar-refractivity contribution >= 4 is 11.7 Å². The molecular formula is C19H19N5O2. The summed E-state index contributed by atoms with van der Waals surface area (Å²) in [7, 11) is 0. The Kier molecular flexibility index (Phi) is 4.14. The van der Waals surface area contributed by atoms with E-state index in [-0.39, 0.29) is 5.91 Å². The Bertz CT molecular complexity index is 938. The molecule has 7 heteroatoms. The summed E-state index contributed by atoms with van der Waals surface area (Å²) in [5.41, 5.74) is 8.27. The Labute approximate surface area is 150 Å². The van der Waals surface area contributed by atoms with Crippen LogP contribution in [-0.4, -0.2) is 37.2 Å². The number of pyridine rings is 1. The highest BCUT2D eigenvalue weighted by Crippen LogP contribution is 2.24. The summed E-state index contributed by atoms with van der Waals surface area (Å²) in [6.45, 7) is 1.53. The van der Waals surface area contributed by atoms with Gasteiger partial charge in [0, 0.05) is 6.54 Å². The minimum atomic E-state index is -0.783. The first-order valence-corrected chi connectivity index (χ1v) is 8.43. The first kappa shape index (κ1) is 16.3. The standard InChI is InChI=1S/C19H19N5O2/c20-17-8-4-7-15(21-17)19(26)23-9-10-24-14(12-23)11-16(22-24)18(25)13-5-2-1-3-6-13/h1-8,11,18,25H,9-10,12H2,(H2,20,21)/t18-/m0/s1. The molecular weight excluding hydrogens is 330 g/mol. The minimum absolute atomic E-state index is 0.157. The highest BCUT2D eigenvalue weighted by molar-refractivity contribution is 5.92. The molecule has 26 heavy (non-hydrogen) atoms. The Morgan fingerprint density at radius 3 is 2.69 bits per heavy atom. The number of hydrogen-bond donors (Lipinski definition) is 2. The van der Waals surface area contributed by atoms with Gasteiger partial charge in [-0.3, -0.25) is 9.48 Å². The number of carbonyl (C=O) groups is 1. The van der Waals surface area contributed by atoms with Crippen molar-refractivity contribution in [3.05, 3.63) is 77.2 Å². The van der Waals surface area contributed by atoms with Gasteiger partial charge in [-0.2, -0.15) is 5.10 Å². The lowest BCUT2D eigenvalue weighted by molar-refractivity contribution is 0.0700. The van der Waals surface area contributed by atoms with Gasteiger partial charge in [0.2, 0.25) is 0 Å². The van der Waals surface area contributed by atoms with E-state index in [1.807, 2.05) is 41.1 Å². The van der Waals surface area contributed by atoms with Gasteiger partial charge in [-0.25, -0.2) is 4.98 Å². The van der Waals surface area contributed by atoms with Crippen LogP contribution in [0.3, 0.4) is 0 Å². The molecule has 2 aromatic heterocycles. The molecule has 0 saturated heterocycles. The molecule has 1 aromatic carbocycles. The zero-order chi connectivity index (χ0) is 18.1. The van der Waals surface area contributed by atoms with Crippen LogP contribution in [0.4, 0.5) is 5.82 Å². The van der Waals surface area contributed by atoms with Gasteiger partial charge < -0.3 is 15.7 Å². The van der Waals surface area contributed by atoms with Crippen LogP contribution >= 0.6 is 0 Å². The number of nitrogens with two attached hydrogens (primary N) is 1. The van der Waals surface area contributed by atoms with Gasteiger partial charge in [-0.15, -0.1) is 0 Å². The first-order valence-electron chi connectivity index (χ1n) is 8.43. The van der Waals surface area contributed by atoms with Gasteiger partial charge in [0.1, 0.15) is 17.6 Å². The molecule has 1 atom stereocenters. The molecule has 132 valence electrons. The summed E-state index contributed by atoms with van der Waals surface area (Å²) in [6.07, 6.45) is -0.783. The van der Waals surface area contributed by atoms with Crippen molar-refractivity contribution in [1.82, 2.24) is 19.7 Å². The molecule has 0 bridgehead atoms. The zero-order valence-corrected chi connectivity index (χ0v) is 14.1. The average Bonchev–Trinajstić information content (AvgIpc) is 3.10. The van der Waals surface area contributed by atoms with E-state index in [1.165, 1.54) is 0 Å². The third-order valence-corrected chi connectivity index (χ3v) is 4.49. The molecule has 1 aliphatic heterocycles. The van der Waals surface area contributed by atoms with Crippen molar-refractivity contribution in [2.45, 2.75) is 19.2 Å². The summed E-state index contributed by atoms with van der Waals surface area (Å²) >= 11 is 0. The number of hydrogen-bond acceptors (Lipinski definition) is 5. The van der Waals surface area contributed by atoms with Gasteiger partial charge >= 0.3 is 0 Å². The van der Waals surface area contributed by atoms with Crippen molar-refractivity contribution in [1.29, 1.82) is 0 Å². The topological polar surface area (TPSA) is 97.3 Å². The van der Waals surface area contributed by atoms with E-state index in [4.69, 9.17) is 5.73 Å². The van der Waals surface area contributed by atoms with Crippen molar-refractivity contribution in [2.75, 3.05) is 12.3 Å². The maximum Gasteiger partial charge on any atom is 0.272 e. The number of aliphatic hydroxyl groups excluding tert-OH is 1. The number of carbonyl (C=O) groups excluding carboxylic acids is 1. The van der Waals surface area contributed by atoms with E-state index in [2.05, 4.69) is 10.1 Å². The third kappa shape index (κ3) is 3.04. The lowest BCUT2D eigenvalue weighted by Gasteiger charge is -2.27. The number of rotatable bonds is 3. The maximum absolute atomic E-state index is 12.7. The Morgan fingerprint density at radius 1 is 1.12 bits per heavy atom. The summed E-state index contributed by atoms with van der Waals surface area (Å²) in [5, 5.41) is 15.0. The maximum atomic E-state index is 12.7. The van der Waals surface area contributed by atoms with Gasteiger partial charge in [-0.05, 0) is 23.8 Å². The van der Waals surface area contributed by atoms with Crippen LogP contribution in [0.1, 0.15) is 33.5 Å². The fourth-order valence-electron chi connectivity index (χ4n) is 3.13.